The van der Waals surface area contributed by atoms with Gasteiger partial charge in [-0.3, -0.25) is 4.79 Å². The molecule has 1 N–H and O–H groups in total. The summed E-state index contributed by atoms with van der Waals surface area (Å²) >= 11 is 0. The van der Waals surface area contributed by atoms with Crippen molar-refractivity contribution in [3.8, 4) is 11.8 Å². The molecule has 0 spiro atoms. The fourth-order valence-corrected chi connectivity index (χ4v) is 3.00. The number of carbonyl (C=O) groups is 1. The molecule has 0 unspecified atom stereocenters. The minimum Gasteiger partial charge on any atom is -0.459 e. The Morgan fingerprint density at radius 2 is 1.73 bits per heavy atom. The Morgan fingerprint density at radius 3 is 2.31 bits per heavy atom. The lowest BCUT2D eigenvalue weighted by Gasteiger charge is -2.08. The molecule has 0 saturated carbocycles. The highest BCUT2D eigenvalue weighted by molar-refractivity contribution is 7.87. The summed E-state index contributed by atoms with van der Waals surface area (Å²) in [5.41, 5.74) is 0.801. The third-order valence-corrected chi connectivity index (χ3v) is 4.60. The second kappa shape index (κ2) is 7.13. The highest BCUT2D eigenvalue weighted by Gasteiger charge is 2.17. The lowest BCUT2D eigenvalue weighted by Crippen LogP contribution is -2.11. The van der Waals surface area contributed by atoms with Gasteiger partial charge in [0, 0.05) is 5.69 Å². The average Bonchev–Trinajstić information content (AvgIpc) is 3.18. The minimum absolute atomic E-state index is 0.0632. The van der Waals surface area contributed by atoms with Crippen molar-refractivity contribution in [2.45, 2.75) is 4.90 Å². The number of rotatable bonds is 5. The first-order chi connectivity index (χ1) is 12.5. The molecule has 0 saturated heterocycles. The van der Waals surface area contributed by atoms with Crippen LogP contribution in [0.15, 0.2) is 76.2 Å². The number of amides is 1. The first kappa shape index (κ1) is 17.3. The van der Waals surface area contributed by atoms with Gasteiger partial charge in [-0.1, -0.05) is 0 Å². The highest BCUT2D eigenvalue weighted by atomic mass is 32.2. The largest absolute Gasteiger partial charge is 0.459 e. The number of benzene rings is 2. The average molecular weight is 368 g/mol. The van der Waals surface area contributed by atoms with Crippen molar-refractivity contribution in [3.05, 3.63) is 78.3 Å². The number of hydrogen-bond acceptors (Lipinski definition) is 6. The van der Waals surface area contributed by atoms with Gasteiger partial charge >= 0.3 is 10.1 Å². The normalized spacial score (nSPS) is 10.7. The molecule has 0 aliphatic heterocycles. The minimum atomic E-state index is -4.02. The molecule has 2 aromatic carbocycles. The van der Waals surface area contributed by atoms with Gasteiger partial charge in [0.15, 0.2) is 5.76 Å². The van der Waals surface area contributed by atoms with Gasteiger partial charge in [-0.15, -0.1) is 0 Å². The maximum Gasteiger partial charge on any atom is 0.339 e. The number of furan rings is 1. The summed E-state index contributed by atoms with van der Waals surface area (Å²) in [6, 6.07) is 16.3. The summed E-state index contributed by atoms with van der Waals surface area (Å²) in [6.45, 7) is 0. The van der Waals surface area contributed by atoms with Gasteiger partial charge in [0.05, 0.1) is 17.9 Å². The molecule has 0 bridgehead atoms. The SMILES string of the molecule is N#Cc1ccc(S(=O)(=O)Oc2ccc(NC(=O)c3ccco3)cc2)cc1. The predicted molar refractivity (Wildman–Crippen MR) is 92.1 cm³/mol. The van der Waals surface area contributed by atoms with Crippen LogP contribution >= 0.6 is 0 Å². The van der Waals surface area contributed by atoms with Crippen LogP contribution in [0.1, 0.15) is 16.1 Å². The second-order valence-electron chi connectivity index (χ2n) is 5.13. The number of nitrogens with zero attached hydrogens (tertiary/aromatic N) is 1. The molecule has 8 heteroatoms. The summed E-state index contributed by atoms with van der Waals surface area (Å²) in [5, 5.41) is 11.4. The van der Waals surface area contributed by atoms with Crippen molar-refractivity contribution in [2.24, 2.45) is 0 Å². The van der Waals surface area contributed by atoms with Crippen LogP contribution in [0.5, 0.6) is 5.75 Å². The van der Waals surface area contributed by atoms with Crippen LogP contribution in [0.25, 0.3) is 0 Å². The van der Waals surface area contributed by atoms with Gasteiger partial charge in [0.25, 0.3) is 5.91 Å². The van der Waals surface area contributed by atoms with Crippen molar-refractivity contribution in [2.75, 3.05) is 5.32 Å². The third kappa shape index (κ3) is 3.91. The van der Waals surface area contributed by atoms with Crippen LogP contribution in [-0.2, 0) is 10.1 Å². The fourth-order valence-electron chi connectivity index (χ4n) is 2.07. The molecule has 0 aliphatic rings. The predicted octanol–water partition coefficient (Wildman–Crippen LogP) is 3.17. The van der Waals surface area contributed by atoms with E-state index in [2.05, 4.69) is 5.32 Å². The van der Waals surface area contributed by atoms with Crippen molar-refractivity contribution in [1.29, 1.82) is 5.26 Å². The number of carbonyl (C=O) groups excluding carboxylic acids is 1. The number of nitriles is 1. The molecule has 3 rings (SSSR count). The zero-order valence-electron chi connectivity index (χ0n) is 13.2. The van der Waals surface area contributed by atoms with E-state index in [0.29, 0.717) is 11.3 Å². The number of nitrogens with one attached hydrogen (secondary N) is 1. The van der Waals surface area contributed by atoms with E-state index in [9.17, 15) is 13.2 Å². The van der Waals surface area contributed by atoms with E-state index in [1.165, 1.54) is 60.9 Å². The molecule has 3 aromatic rings. The van der Waals surface area contributed by atoms with E-state index < -0.39 is 16.0 Å². The molecule has 1 amide bonds. The molecule has 0 atom stereocenters. The molecule has 130 valence electrons. The van der Waals surface area contributed by atoms with Crippen LogP contribution in [0.3, 0.4) is 0 Å². The Morgan fingerprint density at radius 1 is 1.04 bits per heavy atom. The lowest BCUT2D eigenvalue weighted by atomic mass is 10.2. The highest BCUT2D eigenvalue weighted by Crippen LogP contribution is 2.21. The Balaban J connectivity index is 1.70. The molecule has 7 nitrogen and oxygen atoms in total. The first-order valence-corrected chi connectivity index (χ1v) is 8.78. The summed E-state index contributed by atoms with van der Waals surface area (Å²) in [7, 11) is -4.02. The molecular formula is C18H12N2O5S. The molecule has 0 radical (unpaired) electrons. The smallest absolute Gasteiger partial charge is 0.339 e. The second-order valence-corrected chi connectivity index (χ2v) is 6.68. The van der Waals surface area contributed by atoms with E-state index in [1.807, 2.05) is 6.07 Å². The van der Waals surface area contributed by atoms with Crippen LogP contribution in [0.4, 0.5) is 5.69 Å². The standard InChI is InChI=1S/C18H12N2O5S/c19-12-13-3-9-16(10-4-13)26(22,23)25-15-7-5-14(6-8-15)20-18(21)17-2-1-11-24-17/h1-11H,(H,20,21). The summed E-state index contributed by atoms with van der Waals surface area (Å²) < 4.78 is 34.5. The Bertz CT molecular complexity index is 1050. The maximum atomic E-state index is 12.2. The zero-order chi connectivity index (χ0) is 18.6. The van der Waals surface area contributed by atoms with Gasteiger partial charge in [-0.25, -0.2) is 0 Å². The van der Waals surface area contributed by atoms with E-state index in [-0.39, 0.29) is 16.4 Å². The quantitative estimate of drug-likeness (QED) is 0.693. The van der Waals surface area contributed by atoms with Crippen LogP contribution in [0, 0.1) is 11.3 Å². The molecule has 1 aromatic heterocycles. The van der Waals surface area contributed by atoms with Crippen molar-refractivity contribution >= 4 is 21.7 Å². The van der Waals surface area contributed by atoms with Crippen LogP contribution in [-0.4, -0.2) is 14.3 Å². The molecular weight excluding hydrogens is 356 g/mol. The lowest BCUT2D eigenvalue weighted by molar-refractivity contribution is 0.0996. The number of anilines is 1. The molecule has 0 fully saturated rings. The van der Waals surface area contributed by atoms with Crippen molar-refractivity contribution in [1.82, 2.24) is 0 Å². The van der Waals surface area contributed by atoms with E-state index in [0.717, 1.165) is 0 Å². The van der Waals surface area contributed by atoms with E-state index >= 15 is 0 Å². The first-order valence-electron chi connectivity index (χ1n) is 7.37. The van der Waals surface area contributed by atoms with Gasteiger partial charge in [0.1, 0.15) is 10.6 Å². The zero-order valence-corrected chi connectivity index (χ0v) is 14.1. The third-order valence-electron chi connectivity index (χ3n) is 3.34. The topological polar surface area (TPSA) is 109 Å². The van der Waals surface area contributed by atoms with Crippen LogP contribution < -0.4 is 9.50 Å². The Hall–Kier alpha value is -3.57. The molecule has 0 aliphatic carbocycles. The fraction of sp³-hybridized carbons (Fsp3) is 0. The van der Waals surface area contributed by atoms with Gasteiger partial charge in [-0.05, 0) is 60.7 Å². The Kier molecular flexibility index (Phi) is 4.73. The van der Waals surface area contributed by atoms with Crippen LogP contribution in [0.2, 0.25) is 0 Å². The molecule has 1 heterocycles. The van der Waals surface area contributed by atoms with Gasteiger partial charge < -0.3 is 13.9 Å². The maximum absolute atomic E-state index is 12.2. The number of hydrogen-bond donors (Lipinski definition) is 1. The summed E-state index contributed by atoms with van der Waals surface area (Å²) in [4.78, 5) is 11.8. The van der Waals surface area contributed by atoms with E-state index in [4.69, 9.17) is 13.9 Å². The Labute approximate surface area is 149 Å². The monoisotopic (exact) mass is 368 g/mol. The van der Waals surface area contributed by atoms with Crippen molar-refractivity contribution < 1.29 is 21.8 Å². The van der Waals surface area contributed by atoms with Crippen molar-refractivity contribution in [3.63, 3.8) is 0 Å². The summed E-state index contributed by atoms with van der Waals surface area (Å²) in [5.74, 6) is -0.173. The molecule has 26 heavy (non-hydrogen) atoms. The van der Waals surface area contributed by atoms with E-state index in [1.54, 1.807) is 6.07 Å². The summed E-state index contributed by atoms with van der Waals surface area (Å²) in [6.07, 6.45) is 1.39. The van der Waals surface area contributed by atoms with Gasteiger partial charge in [-0.2, -0.15) is 13.7 Å². The van der Waals surface area contributed by atoms with Gasteiger partial charge in [0.2, 0.25) is 0 Å².